The molecule has 0 amide bonds. The summed E-state index contributed by atoms with van der Waals surface area (Å²) in [4.78, 5) is 8.13. The van der Waals surface area contributed by atoms with E-state index in [1.807, 2.05) is 6.20 Å². The average molecular weight is 255 g/mol. The molecule has 1 rings (SSSR count). The summed E-state index contributed by atoms with van der Waals surface area (Å²) in [5.41, 5.74) is 0. The van der Waals surface area contributed by atoms with Crippen LogP contribution in [0.2, 0.25) is 0 Å². The quantitative estimate of drug-likeness (QED) is 0.809. The van der Waals surface area contributed by atoms with E-state index in [1.54, 1.807) is 11.3 Å². The summed E-state index contributed by atoms with van der Waals surface area (Å²) in [5, 5.41) is 4.55. The molecule has 98 valence electrons. The summed E-state index contributed by atoms with van der Waals surface area (Å²) >= 11 is 1.80. The van der Waals surface area contributed by atoms with Crippen molar-refractivity contribution in [3.63, 3.8) is 0 Å². The molecule has 0 aliphatic rings. The maximum atomic E-state index is 4.53. The van der Waals surface area contributed by atoms with Crippen LogP contribution in [0.1, 0.15) is 51.5 Å². The fourth-order valence-corrected chi connectivity index (χ4v) is 2.85. The van der Waals surface area contributed by atoms with Gasteiger partial charge < -0.3 is 10.2 Å². The lowest BCUT2D eigenvalue weighted by Gasteiger charge is -2.23. The first-order chi connectivity index (χ1) is 8.10. The fourth-order valence-electron chi connectivity index (χ4n) is 1.85. The van der Waals surface area contributed by atoms with Gasteiger partial charge in [0.25, 0.3) is 0 Å². The van der Waals surface area contributed by atoms with Crippen LogP contribution in [-0.2, 0) is 0 Å². The van der Waals surface area contributed by atoms with Crippen molar-refractivity contribution < 1.29 is 0 Å². The van der Waals surface area contributed by atoms with Gasteiger partial charge in [0.2, 0.25) is 0 Å². The molecule has 0 aliphatic carbocycles. The zero-order valence-electron chi connectivity index (χ0n) is 11.7. The first kappa shape index (κ1) is 14.5. The Bertz CT molecular complexity index is 324. The topological polar surface area (TPSA) is 28.2 Å². The Hall–Kier alpha value is -0.610. The van der Waals surface area contributed by atoms with Gasteiger partial charge in [-0.05, 0) is 26.8 Å². The Labute approximate surface area is 109 Å². The van der Waals surface area contributed by atoms with Crippen LogP contribution in [0.3, 0.4) is 0 Å². The smallest absolute Gasteiger partial charge is 0.185 e. The molecule has 0 saturated heterocycles. The number of nitrogens with zero attached hydrogens (tertiary/aromatic N) is 2. The predicted molar refractivity (Wildman–Crippen MR) is 77.0 cm³/mol. The van der Waals surface area contributed by atoms with Gasteiger partial charge in [-0.2, -0.15) is 0 Å². The van der Waals surface area contributed by atoms with Crippen LogP contribution in [0.15, 0.2) is 6.20 Å². The molecule has 3 nitrogen and oxygen atoms in total. The van der Waals surface area contributed by atoms with Gasteiger partial charge in [-0.25, -0.2) is 4.98 Å². The van der Waals surface area contributed by atoms with E-state index in [0.717, 1.165) is 11.7 Å². The second kappa shape index (κ2) is 6.97. The number of aromatic nitrogens is 1. The van der Waals surface area contributed by atoms with Gasteiger partial charge in [-0.1, -0.05) is 20.3 Å². The average Bonchev–Trinajstić information content (AvgIpc) is 2.78. The molecule has 2 unspecified atom stereocenters. The Balaban J connectivity index is 2.66. The normalized spacial score (nSPS) is 14.6. The third-order valence-corrected chi connectivity index (χ3v) is 4.39. The van der Waals surface area contributed by atoms with Crippen molar-refractivity contribution in [1.29, 1.82) is 0 Å². The molecule has 17 heavy (non-hydrogen) atoms. The molecule has 1 heterocycles. The van der Waals surface area contributed by atoms with Crippen molar-refractivity contribution in [2.45, 2.75) is 52.6 Å². The van der Waals surface area contributed by atoms with Crippen molar-refractivity contribution in [2.24, 2.45) is 0 Å². The standard InChI is InChI=1S/C13H25N3S/c1-6-8-10(3)16(5)13-15-9-12(17-13)11(4)14-7-2/h9-11,14H,6-8H2,1-5H3. The van der Waals surface area contributed by atoms with Crippen LogP contribution >= 0.6 is 11.3 Å². The van der Waals surface area contributed by atoms with E-state index < -0.39 is 0 Å². The molecule has 0 fully saturated rings. The number of thiazole rings is 1. The Morgan fingerprint density at radius 2 is 2.12 bits per heavy atom. The highest BCUT2D eigenvalue weighted by Crippen LogP contribution is 2.28. The molecular formula is C13H25N3S. The number of rotatable bonds is 7. The third-order valence-electron chi connectivity index (χ3n) is 3.12. The highest BCUT2D eigenvalue weighted by Gasteiger charge is 2.14. The fraction of sp³-hybridized carbons (Fsp3) is 0.769. The molecule has 0 aromatic carbocycles. The van der Waals surface area contributed by atoms with Crippen molar-refractivity contribution in [3.05, 3.63) is 11.1 Å². The first-order valence-corrected chi connectivity index (χ1v) is 7.33. The highest BCUT2D eigenvalue weighted by molar-refractivity contribution is 7.15. The van der Waals surface area contributed by atoms with Crippen molar-refractivity contribution in [3.8, 4) is 0 Å². The zero-order chi connectivity index (χ0) is 12.8. The van der Waals surface area contributed by atoms with Crippen molar-refractivity contribution in [1.82, 2.24) is 10.3 Å². The first-order valence-electron chi connectivity index (χ1n) is 6.52. The monoisotopic (exact) mass is 255 g/mol. The van der Waals surface area contributed by atoms with E-state index in [2.05, 4.69) is 49.9 Å². The van der Waals surface area contributed by atoms with Gasteiger partial charge in [0, 0.05) is 30.2 Å². The maximum absolute atomic E-state index is 4.53. The zero-order valence-corrected chi connectivity index (χ0v) is 12.5. The lowest BCUT2D eigenvalue weighted by atomic mass is 10.2. The summed E-state index contributed by atoms with van der Waals surface area (Å²) in [6.45, 7) is 9.81. The molecule has 1 aromatic heterocycles. The Morgan fingerprint density at radius 1 is 1.41 bits per heavy atom. The minimum Gasteiger partial charge on any atom is -0.348 e. The largest absolute Gasteiger partial charge is 0.348 e. The summed E-state index contributed by atoms with van der Waals surface area (Å²) in [6.07, 6.45) is 4.44. The minimum absolute atomic E-state index is 0.404. The molecule has 1 N–H and O–H groups in total. The van der Waals surface area contributed by atoms with Gasteiger partial charge >= 0.3 is 0 Å². The number of anilines is 1. The van der Waals surface area contributed by atoms with Crippen LogP contribution in [0.4, 0.5) is 5.13 Å². The second-order valence-corrected chi connectivity index (χ2v) is 5.61. The van der Waals surface area contributed by atoms with Gasteiger partial charge in [0.1, 0.15) is 0 Å². The van der Waals surface area contributed by atoms with Gasteiger partial charge in [-0.3, -0.25) is 0 Å². The summed E-state index contributed by atoms with van der Waals surface area (Å²) in [7, 11) is 2.14. The van der Waals surface area contributed by atoms with Gasteiger partial charge in [0.15, 0.2) is 5.13 Å². The van der Waals surface area contributed by atoms with Gasteiger partial charge in [-0.15, -0.1) is 11.3 Å². The molecule has 0 aliphatic heterocycles. The van der Waals surface area contributed by atoms with Crippen LogP contribution in [-0.4, -0.2) is 24.6 Å². The summed E-state index contributed by atoms with van der Waals surface area (Å²) in [6, 6.07) is 0.967. The van der Waals surface area contributed by atoms with E-state index in [0.29, 0.717) is 12.1 Å². The molecule has 4 heteroatoms. The molecule has 0 bridgehead atoms. The Kier molecular flexibility index (Phi) is 5.92. The van der Waals surface area contributed by atoms with E-state index in [9.17, 15) is 0 Å². The minimum atomic E-state index is 0.404. The lowest BCUT2D eigenvalue weighted by Crippen LogP contribution is -2.28. The van der Waals surface area contributed by atoms with Crippen molar-refractivity contribution >= 4 is 16.5 Å². The van der Waals surface area contributed by atoms with Gasteiger partial charge in [0.05, 0.1) is 0 Å². The molecule has 0 spiro atoms. The lowest BCUT2D eigenvalue weighted by molar-refractivity contribution is 0.606. The molecule has 2 atom stereocenters. The summed E-state index contributed by atoms with van der Waals surface area (Å²) in [5.74, 6) is 0. The molecular weight excluding hydrogens is 230 g/mol. The van der Waals surface area contributed by atoms with Crippen LogP contribution in [0, 0.1) is 0 Å². The molecule has 0 saturated carbocycles. The van der Waals surface area contributed by atoms with Crippen LogP contribution in [0.25, 0.3) is 0 Å². The van der Waals surface area contributed by atoms with E-state index in [-0.39, 0.29) is 0 Å². The van der Waals surface area contributed by atoms with E-state index in [1.165, 1.54) is 17.7 Å². The predicted octanol–water partition coefficient (Wildman–Crippen LogP) is 3.44. The third kappa shape index (κ3) is 3.96. The van der Waals surface area contributed by atoms with Crippen LogP contribution < -0.4 is 10.2 Å². The van der Waals surface area contributed by atoms with Crippen LogP contribution in [0.5, 0.6) is 0 Å². The highest BCUT2D eigenvalue weighted by atomic mass is 32.1. The van der Waals surface area contributed by atoms with E-state index >= 15 is 0 Å². The second-order valence-electron chi connectivity index (χ2n) is 4.57. The Morgan fingerprint density at radius 3 is 2.71 bits per heavy atom. The molecule has 0 radical (unpaired) electrons. The molecule has 1 aromatic rings. The number of hydrogen-bond donors (Lipinski definition) is 1. The number of hydrogen-bond acceptors (Lipinski definition) is 4. The maximum Gasteiger partial charge on any atom is 0.185 e. The summed E-state index contributed by atoms with van der Waals surface area (Å²) < 4.78 is 0. The van der Waals surface area contributed by atoms with E-state index in [4.69, 9.17) is 0 Å². The van der Waals surface area contributed by atoms with Crippen molar-refractivity contribution in [2.75, 3.05) is 18.5 Å². The number of nitrogens with one attached hydrogen (secondary N) is 1. The SMILES string of the molecule is CCCC(C)N(C)c1ncc(C(C)NCC)s1.